The normalized spacial score (nSPS) is 14.7. The van der Waals surface area contributed by atoms with E-state index in [0.717, 1.165) is 59.3 Å². The molecule has 0 atom stereocenters. The van der Waals surface area contributed by atoms with Crippen molar-refractivity contribution in [3.63, 3.8) is 0 Å². The number of pyridine rings is 1. The van der Waals surface area contributed by atoms with Crippen LogP contribution < -0.4 is 5.73 Å². The molecule has 3 aromatic rings. The molecular formula is C20H22N6O. The van der Waals surface area contributed by atoms with Crippen LogP contribution in [0.5, 0.6) is 0 Å². The first-order valence-electron chi connectivity index (χ1n) is 9.02. The van der Waals surface area contributed by atoms with E-state index < -0.39 is 0 Å². The lowest BCUT2D eigenvalue weighted by Gasteiger charge is -2.22. The number of nitrogens with two attached hydrogens (primary N) is 1. The molecule has 7 heteroatoms. The van der Waals surface area contributed by atoms with Crippen molar-refractivity contribution in [2.75, 3.05) is 14.1 Å². The Bertz CT molecular complexity index is 1110. The molecule has 138 valence electrons. The molecule has 0 bridgehead atoms. The zero-order valence-electron chi connectivity index (χ0n) is 15.5. The van der Waals surface area contributed by atoms with Gasteiger partial charge in [-0.2, -0.15) is 5.10 Å². The van der Waals surface area contributed by atoms with Gasteiger partial charge in [0.2, 0.25) is 0 Å². The molecule has 7 nitrogen and oxygen atoms in total. The number of hydrogen-bond donors (Lipinski definition) is 3. The van der Waals surface area contributed by atoms with Crippen LogP contribution in [0.1, 0.15) is 29.7 Å². The van der Waals surface area contributed by atoms with Gasteiger partial charge in [0.25, 0.3) is 5.91 Å². The molecule has 0 spiro atoms. The van der Waals surface area contributed by atoms with Crippen molar-refractivity contribution in [3.8, 4) is 0 Å². The minimum absolute atomic E-state index is 0.0546. The second-order valence-corrected chi connectivity index (χ2v) is 7.09. The summed E-state index contributed by atoms with van der Waals surface area (Å²) in [5.41, 5.74) is 11.4. The summed E-state index contributed by atoms with van der Waals surface area (Å²) >= 11 is 0. The van der Waals surface area contributed by atoms with Crippen LogP contribution in [0.4, 0.5) is 0 Å². The third kappa shape index (κ3) is 2.66. The molecule has 0 saturated carbocycles. The third-order valence-corrected chi connectivity index (χ3v) is 5.22. The molecule has 2 heterocycles. The van der Waals surface area contributed by atoms with Crippen molar-refractivity contribution in [1.82, 2.24) is 20.1 Å². The maximum atomic E-state index is 12.4. The molecular weight excluding hydrogens is 340 g/mol. The monoisotopic (exact) mass is 362 g/mol. The van der Waals surface area contributed by atoms with Crippen LogP contribution in [0.25, 0.3) is 27.4 Å². The van der Waals surface area contributed by atoms with Gasteiger partial charge in [0.15, 0.2) is 0 Å². The third-order valence-electron chi connectivity index (χ3n) is 5.22. The van der Waals surface area contributed by atoms with Crippen LogP contribution in [0.3, 0.4) is 0 Å². The van der Waals surface area contributed by atoms with Gasteiger partial charge in [-0.3, -0.25) is 9.89 Å². The van der Waals surface area contributed by atoms with Gasteiger partial charge in [0.05, 0.1) is 22.9 Å². The van der Waals surface area contributed by atoms with E-state index in [1.165, 1.54) is 10.5 Å². The topological polar surface area (TPSA) is 112 Å². The molecule has 0 aliphatic heterocycles. The zero-order valence-corrected chi connectivity index (χ0v) is 15.5. The van der Waals surface area contributed by atoms with E-state index in [9.17, 15) is 4.79 Å². The van der Waals surface area contributed by atoms with Crippen LogP contribution in [-0.2, 0) is 17.6 Å². The second-order valence-electron chi connectivity index (χ2n) is 7.09. The van der Waals surface area contributed by atoms with Crippen LogP contribution in [0.2, 0.25) is 0 Å². The highest BCUT2D eigenvalue weighted by atomic mass is 16.2. The molecule has 0 saturated heterocycles. The Hall–Kier alpha value is -3.22. The van der Waals surface area contributed by atoms with Crippen LogP contribution in [-0.4, -0.2) is 46.3 Å². The standard InChI is InChI=1S/C20H22N6O/c1-26(2)20(27)18(22)13(9-21)19-12-6-4-3-5-11(12)17-14-10-23-25-15(14)7-8-16(17)24-19/h7-10,21H,3-6,22H2,1-2H3,(H,23,25). The first kappa shape index (κ1) is 17.2. The van der Waals surface area contributed by atoms with Crippen LogP contribution >= 0.6 is 0 Å². The number of hydrogen-bond acceptors (Lipinski definition) is 5. The van der Waals surface area contributed by atoms with Gasteiger partial charge in [0, 0.05) is 36.7 Å². The molecule has 1 aliphatic rings. The number of fused-ring (bicyclic) bond motifs is 5. The number of benzene rings is 1. The number of nitrogens with one attached hydrogen (secondary N) is 2. The molecule has 1 amide bonds. The summed E-state index contributed by atoms with van der Waals surface area (Å²) in [5.74, 6) is -0.315. The molecule has 4 rings (SSSR count). The van der Waals surface area contributed by atoms with Crippen molar-refractivity contribution in [2.45, 2.75) is 25.7 Å². The van der Waals surface area contributed by atoms with E-state index in [2.05, 4.69) is 10.2 Å². The first-order chi connectivity index (χ1) is 13.0. The number of rotatable bonds is 3. The van der Waals surface area contributed by atoms with E-state index in [0.29, 0.717) is 11.3 Å². The number of allylic oxidation sites excluding steroid dienone is 1. The average molecular weight is 362 g/mol. The average Bonchev–Trinajstić information content (AvgIpc) is 3.16. The van der Waals surface area contributed by atoms with Gasteiger partial charge >= 0.3 is 0 Å². The molecule has 2 aromatic heterocycles. The van der Waals surface area contributed by atoms with Crippen molar-refractivity contribution in [3.05, 3.63) is 40.8 Å². The van der Waals surface area contributed by atoms with Gasteiger partial charge in [0.1, 0.15) is 5.70 Å². The molecule has 0 radical (unpaired) electrons. The Morgan fingerprint density at radius 2 is 2.00 bits per heavy atom. The molecule has 0 fully saturated rings. The fourth-order valence-electron chi connectivity index (χ4n) is 3.90. The highest BCUT2D eigenvalue weighted by Gasteiger charge is 2.24. The largest absolute Gasteiger partial charge is 0.394 e. The number of likely N-dealkylation sites (N-methyl/N-ethyl adjacent to an activating group) is 1. The minimum Gasteiger partial charge on any atom is -0.394 e. The number of carbonyl (C=O) groups excluding carboxylic acids is 1. The van der Waals surface area contributed by atoms with E-state index in [-0.39, 0.29) is 11.6 Å². The van der Waals surface area contributed by atoms with Crippen molar-refractivity contribution < 1.29 is 4.79 Å². The van der Waals surface area contributed by atoms with Gasteiger partial charge < -0.3 is 16.0 Å². The Labute approximate surface area is 156 Å². The summed E-state index contributed by atoms with van der Waals surface area (Å²) in [6.07, 6.45) is 6.96. The highest BCUT2D eigenvalue weighted by Crippen LogP contribution is 2.36. The van der Waals surface area contributed by atoms with E-state index in [1.54, 1.807) is 14.1 Å². The number of carbonyl (C=O) groups is 1. The second kappa shape index (κ2) is 6.50. The SMILES string of the molecule is CN(C)C(=O)C(N)=C(C=N)c1nc2ccc3[nH]ncc3c2c2c1CCCC2. The fourth-order valence-corrected chi connectivity index (χ4v) is 3.90. The number of amides is 1. The summed E-state index contributed by atoms with van der Waals surface area (Å²) < 4.78 is 0. The summed E-state index contributed by atoms with van der Waals surface area (Å²) in [6.45, 7) is 0. The number of aromatic nitrogens is 3. The lowest BCUT2D eigenvalue weighted by atomic mass is 9.85. The van der Waals surface area contributed by atoms with Gasteiger partial charge in [-0.25, -0.2) is 4.98 Å². The number of aromatic amines is 1. The minimum atomic E-state index is -0.315. The molecule has 1 aliphatic carbocycles. The number of nitrogens with zero attached hydrogens (tertiary/aromatic N) is 3. The Balaban J connectivity index is 2.07. The summed E-state index contributed by atoms with van der Waals surface area (Å²) in [4.78, 5) is 18.7. The zero-order chi connectivity index (χ0) is 19.1. The number of aryl methyl sites for hydroxylation is 1. The fraction of sp³-hybridized carbons (Fsp3) is 0.300. The van der Waals surface area contributed by atoms with Gasteiger partial charge in [-0.15, -0.1) is 0 Å². The predicted octanol–water partition coefficient (Wildman–Crippen LogP) is 2.40. The summed E-state index contributed by atoms with van der Waals surface area (Å²) in [7, 11) is 3.30. The predicted molar refractivity (Wildman–Crippen MR) is 107 cm³/mol. The first-order valence-corrected chi connectivity index (χ1v) is 9.02. The summed E-state index contributed by atoms with van der Waals surface area (Å²) in [6, 6.07) is 3.92. The summed E-state index contributed by atoms with van der Waals surface area (Å²) in [5, 5.41) is 17.3. The maximum absolute atomic E-state index is 12.4. The smallest absolute Gasteiger partial charge is 0.269 e. The lowest BCUT2D eigenvalue weighted by molar-refractivity contribution is -0.124. The Morgan fingerprint density at radius 3 is 2.70 bits per heavy atom. The Morgan fingerprint density at radius 1 is 1.26 bits per heavy atom. The Kier molecular flexibility index (Phi) is 4.14. The maximum Gasteiger partial charge on any atom is 0.269 e. The van der Waals surface area contributed by atoms with E-state index in [4.69, 9.17) is 16.1 Å². The van der Waals surface area contributed by atoms with Crippen LogP contribution in [0.15, 0.2) is 24.0 Å². The molecule has 0 unspecified atom stereocenters. The lowest BCUT2D eigenvalue weighted by Crippen LogP contribution is -2.29. The van der Waals surface area contributed by atoms with Crippen molar-refractivity contribution >= 4 is 39.5 Å². The van der Waals surface area contributed by atoms with Gasteiger partial charge in [-0.1, -0.05) is 0 Å². The quantitative estimate of drug-likeness (QED) is 0.490. The molecule has 4 N–H and O–H groups in total. The van der Waals surface area contributed by atoms with Crippen LogP contribution in [0, 0.1) is 5.41 Å². The molecule has 1 aromatic carbocycles. The number of H-pyrrole nitrogens is 1. The van der Waals surface area contributed by atoms with Crippen molar-refractivity contribution in [1.29, 1.82) is 5.41 Å². The van der Waals surface area contributed by atoms with Crippen molar-refractivity contribution in [2.24, 2.45) is 5.73 Å². The van der Waals surface area contributed by atoms with E-state index in [1.807, 2.05) is 18.3 Å². The van der Waals surface area contributed by atoms with Gasteiger partial charge in [-0.05, 0) is 48.9 Å². The van der Waals surface area contributed by atoms with E-state index >= 15 is 0 Å². The molecule has 27 heavy (non-hydrogen) atoms. The highest BCUT2D eigenvalue weighted by molar-refractivity contribution is 6.18.